The van der Waals surface area contributed by atoms with Crippen molar-refractivity contribution in [3.05, 3.63) is 29.6 Å². The fraction of sp³-hybridized carbons (Fsp3) is 0.462. The van der Waals surface area contributed by atoms with Crippen LogP contribution in [-0.2, 0) is 0 Å². The number of carbonyl (C=O) groups is 1. The zero-order valence-corrected chi connectivity index (χ0v) is 11.6. The lowest BCUT2D eigenvalue weighted by Crippen LogP contribution is -2.39. The van der Waals surface area contributed by atoms with Crippen LogP contribution in [0.3, 0.4) is 0 Å². The number of hydrogen-bond acceptors (Lipinski definition) is 4. The van der Waals surface area contributed by atoms with Crippen molar-refractivity contribution in [3.63, 3.8) is 0 Å². The van der Waals surface area contributed by atoms with Crippen LogP contribution in [0.25, 0.3) is 0 Å². The predicted octanol–water partition coefficient (Wildman–Crippen LogP) is 2.13. The van der Waals surface area contributed by atoms with Crippen molar-refractivity contribution in [1.82, 2.24) is 5.32 Å². The maximum Gasteiger partial charge on any atom is 0.253 e. The highest BCUT2D eigenvalue weighted by Crippen LogP contribution is 2.29. The third-order valence-electron chi connectivity index (χ3n) is 3.47. The molecular weight excluding hydrogens is 265 g/mol. The summed E-state index contributed by atoms with van der Waals surface area (Å²) in [4.78, 5) is 12.2. The molecule has 1 aliphatic rings. The summed E-state index contributed by atoms with van der Waals surface area (Å²) in [6.07, 6.45) is 5.24. The molecule has 1 amide bonds. The molecule has 0 aliphatic heterocycles. The maximum atomic E-state index is 13.5. The maximum absolute atomic E-state index is 13.5. The monoisotopic (exact) mass is 283 g/mol. The van der Waals surface area contributed by atoms with E-state index in [2.05, 4.69) is 10.7 Å². The first-order chi connectivity index (χ1) is 9.17. The average Bonchev–Trinajstić information content (AvgIpc) is 2.85. The summed E-state index contributed by atoms with van der Waals surface area (Å²) in [5, 5.41) is 3.41. The Kier molecular flexibility index (Phi) is 4.66. The van der Waals surface area contributed by atoms with Crippen LogP contribution in [-0.4, -0.2) is 23.5 Å². The van der Waals surface area contributed by atoms with Crippen molar-refractivity contribution in [2.45, 2.75) is 30.6 Å². The number of thioether (sulfide) groups is 1. The second kappa shape index (κ2) is 6.25. The topological polar surface area (TPSA) is 67.2 Å². The van der Waals surface area contributed by atoms with E-state index in [0.29, 0.717) is 5.25 Å². The lowest BCUT2D eigenvalue weighted by atomic mass is 10.1. The van der Waals surface area contributed by atoms with E-state index in [9.17, 15) is 9.18 Å². The first-order valence-electron chi connectivity index (χ1n) is 6.26. The Labute approximate surface area is 116 Å². The number of para-hydroxylation sites is 1. The Morgan fingerprint density at radius 1 is 1.47 bits per heavy atom. The molecule has 0 heterocycles. The van der Waals surface area contributed by atoms with Crippen LogP contribution in [0.4, 0.5) is 10.1 Å². The van der Waals surface area contributed by atoms with Gasteiger partial charge in [-0.3, -0.25) is 10.6 Å². The molecule has 0 spiro atoms. The minimum absolute atomic E-state index is 0.0405. The average molecular weight is 283 g/mol. The van der Waals surface area contributed by atoms with Gasteiger partial charge in [0.1, 0.15) is 5.82 Å². The lowest BCUT2D eigenvalue weighted by molar-refractivity contribution is 0.0939. The summed E-state index contributed by atoms with van der Waals surface area (Å²) in [6.45, 7) is 0. The van der Waals surface area contributed by atoms with Gasteiger partial charge in [-0.05, 0) is 31.2 Å². The lowest BCUT2D eigenvalue weighted by Gasteiger charge is -2.20. The van der Waals surface area contributed by atoms with E-state index in [4.69, 9.17) is 5.84 Å². The van der Waals surface area contributed by atoms with E-state index < -0.39 is 5.82 Å². The molecule has 1 aromatic carbocycles. The van der Waals surface area contributed by atoms with Gasteiger partial charge < -0.3 is 10.7 Å². The number of hydrogen-bond donors (Lipinski definition) is 3. The van der Waals surface area contributed by atoms with Crippen molar-refractivity contribution in [3.8, 4) is 0 Å². The predicted molar refractivity (Wildman–Crippen MR) is 76.6 cm³/mol. The summed E-state index contributed by atoms with van der Waals surface area (Å²) >= 11 is 1.76. The van der Waals surface area contributed by atoms with Gasteiger partial charge in [-0.25, -0.2) is 4.39 Å². The first kappa shape index (κ1) is 14.1. The Morgan fingerprint density at radius 3 is 2.95 bits per heavy atom. The van der Waals surface area contributed by atoms with E-state index in [1.54, 1.807) is 17.8 Å². The van der Waals surface area contributed by atoms with Crippen molar-refractivity contribution in [2.24, 2.45) is 5.84 Å². The number of anilines is 1. The van der Waals surface area contributed by atoms with Gasteiger partial charge in [0.25, 0.3) is 5.91 Å². The Hall–Kier alpha value is -1.27. The first-order valence-corrected chi connectivity index (χ1v) is 7.55. The highest BCUT2D eigenvalue weighted by Gasteiger charge is 2.28. The van der Waals surface area contributed by atoms with Gasteiger partial charge in [0.2, 0.25) is 0 Å². The second-order valence-corrected chi connectivity index (χ2v) is 5.67. The van der Waals surface area contributed by atoms with Gasteiger partial charge in [-0.15, -0.1) is 0 Å². The summed E-state index contributed by atoms with van der Waals surface area (Å²) in [5.74, 6) is 4.47. The van der Waals surface area contributed by atoms with Gasteiger partial charge >= 0.3 is 0 Å². The molecule has 2 unspecified atom stereocenters. The van der Waals surface area contributed by atoms with Crippen LogP contribution in [0.1, 0.15) is 29.6 Å². The van der Waals surface area contributed by atoms with Crippen molar-refractivity contribution in [1.29, 1.82) is 0 Å². The SMILES string of the molecule is CSC1CCCC1NC(=O)c1cccc(F)c1NN. The number of rotatable bonds is 4. The number of amides is 1. The largest absolute Gasteiger partial charge is 0.348 e. The van der Waals surface area contributed by atoms with Crippen molar-refractivity contribution < 1.29 is 9.18 Å². The van der Waals surface area contributed by atoms with E-state index in [1.807, 2.05) is 6.26 Å². The molecule has 0 aromatic heterocycles. The van der Waals surface area contributed by atoms with Gasteiger partial charge in [0.15, 0.2) is 0 Å². The highest BCUT2D eigenvalue weighted by atomic mass is 32.2. The molecule has 6 heteroatoms. The van der Waals surface area contributed by atoms with E-state index >= 15 is 0 Å². The zero-order chi connectivity index (χ0) is 13.8. The number of benzene rings is 1. The van der Waals surface area contributed by atoms with Gasteiger partial charge in [0.05, 0.1) is 11.3 Å². The number of nitrogens with one attached hydrogen (secondary N) is 2. The minimum atomic E-state index is -0.525. The minimum Gasteiger partial charge on any atom is -0.348 e. The number of carbonyl (C=O) groups excluding carboxylic acids is 1. The second-order valence-electron chi connectivity index (χ2n) is 4.59. The van der Waals surface area contributed by atoms with Gasteiger partial charge in [0, 0.05) is 11.3 Å². The number of nitrogen functional groups attached to an aromatic ring is 1. The summed E-state index contributed by atoms with van der Waals surface area (Å²) in [5.41, 5.74) is 2.54. The third-order valence-corrected chi connectivity index (χ3v) is 4.64. The van der Waals surface area contributed by atoms with Crippen LogP contribution >= 0.6 is 11.8 Å². The van der Waals surface area contributed by atoms with Crippen LogP contribution in [0, 0.1) is 5.82 Å². The number of nitrogens with two attached hydrogens (primary N) is 1. The molecule has 19 heavy (non-hydrogen) atoms. The molecule has 2 rings (SSSR count). The molecule has 1 saturated carbocycles. The zero-order valence-electron chi connectivity index (χ0n) is 10.8. The Bertz CT molecular complexity index is 469. The molecule has 0 radical (unpaired) electrons. The van der Waals surface area contributed by atoms with E-state index in [-0.39, 0.29) is 23.2 Å². The van der Waals surface area contributed by atoms with Crippen LogP contribution < -0.4 is 16.6 Å². The van der Waals surface area contributed by atoms with Crippen LogP contribution in [0.2, 0.25) is 0 Å². The summed E-state index contributed by atoms with van der Waals surface area (Å²) in [6, 6.07) is 4.49. The Morgan fingerprint density at radius 2 is 2.26 bits per heavy atom. The molecule has 1 aliphatic carbocycles. The number of hydrazine groups is 1. The molecule has 4 nitrogen and oxygen atoms in total. The molecule has 0 saturated heterocycles. The normalized spacial score (nSPS) is 22.3. The fourth-order valence-corrected chi connectivity index (χ4v) is 3.41. The van der Waals surface area contributed by atoms with Gasteiger partial charge in [-0.1, -0.05) is 12.5 Å². The molecular formula is C13H18FN3OS. The third kappa shape index (κ3) is 3.01. The van der Waals surface area contributed by atoms with Crippen molar-refractivity contribution in [2.75, 3.05) is 11.7 Å². The van der Waals surface area contributed by atoms with E-state index in [1.165, 1.54) is 12.1 Å². The standard InChI is InChI=1S/C13H18FN3OS/c1-19-11-7-3-6-10(11)16-13(18)8-4-2-5-9(14)12(8)17-15/h2,4-5,10-11,17H,3,6-7,15H2,1H3,(H,16,18). The molecule has 2 atom stereocenters. The number of halogens is 1. The fourth-order valence-electron chi connectivity index (χ4n) is 2.48. The highest BCUT2D eigenvalue weighted by molar-refractivity contribution is 7.99. The van der Waals surface area contributed by atoms with Crippen molar-refractivity contribution >= 4 is 23.4 Å². The summed E-state index contributed by atoms with van der Waals surface area (Å²) in [7, 11) is 0. The molecule has 1 aromatic rings. The molecule has 4 N–H and O–H groups in total. The molecule has 0 bridgehead atoms. The van der Waals surface area contributed by atoms with Crippen LogP contribution in [0.5, 0.6) is 0 Å². The van der Waals surface area contributed by atoms with Crippen LogP contribution in [0.15, 0.2) is 18.2 Å². The Balaban J connectivity index is 2.14. The molecule has 104 valence electrons. The quantitative estimate of drug-likeness (QED) is 0.585. The summed E-state index contributed by atoms with van der Waals surface area (Å²) < 4.78 is 13.5. The van der Waals surface area contributed by atoms with E-state index in [0.717, 1.165) is 19.3 Å². The molecule has 1 fully saturated rings. The smallest absolute Gasteiger partial charge is 0.253 e. The van der Waals surface area contributed by atoms with Gasteiger partial charge in [-0.2, -0.15) is 11.8 Å².